The number of hydrogen-bond donors (Lipinski definition) is 3. The van der Waals surface area contributed by atoms with E-state index in [1.165, 1.54) is 31.2 Å². The van der Waals surface area contributed by atoms with Gasteiger partial charge in [-0.3, -0.25) is 9.79 Å². The van der Waals surface area contributed by atoms with Gasteiger partial charge in [-0.15, -0.1) is 24.0 Å². The van der Waals surface area contributed by atoms with Crippen LogP contribution in [0.5, 0.6) is 0 Å². The second kappa shape index (κ2) is 14.1. The summed E-state index contributed by atoms with van der Waals surface area (Å²) in [6.07, 6.45) is 10.2. The van der Waals surface area contributed by atoms with Gasteiger partial charge in [0.15, 0.2) is 5.96 Å². The van der Waals surface area contributed by atoms with Gasteiger partial charge in [-0.05, 0) is 55.9 Å². The lowest BCUT2D eigenvalue weighted by Gasteiger charge is -2.13. The second-order valence-electron chi connectivity index (χ2n) is 7.76. The summed E-state index contributed by atoms with van der Waals surface area (Å²) in [5, 5.41) is 13.8. The van der Waals surface area contributed by atoms with Crippen LogP contribution in [0.15, 0.2) is 47.7 Å². The number of aliphatic imine (C=N–C) groups is 1. The Morgan fingerprint density at radius 1 is 1.13 bits per heavy atom. The Morgan fingerprint density at radius 3 is 2.55 bits per heavy atom. The molecule has 1 heterocycles. The minimum Gasteiger partial charge on any atom is -0.357 e. The predicted octanol–water partition coefficient (Wildman–Crippen LogP) is 3.28. The Kier molecular flexibility index (Phi) is 11.4. The van der Waals surface area contributed by atoms with Crippen LogP contribution in [0.4, 0.5) is 0 Å². The monoisotopic (exact) mass is 538 g/mol. The number of nitrogens with one attached hydrogen (secondary N) is 3. The molecule has 3 rings (SSSR count). The van der Waals surface area contributed by atoms with Crippen molar-refractivity contribution in [2.45, 2.75) is 45.4 Å². The Morgan fingerprint density at radius 2 is 1.87 bits per heavy atom. The Hall–Kier alpha value is -2.10. The molecule has 0 radical (unpaired) electrons. The third-order valence-corrected chi connectivity index (χ3v) is 5.41. The molecular weight excluding hydrogens is 503 g/mol. The summed E-state index contributed by atoms with van der Waals surface area (Å²) in [5.74, 6) is 1.55. The highest BCUT2D eigenvalue weighted by Crippen LogP contribution is 2.27. The van der Waals surface area contributed by atoms with Crippen molar-refractivity contribution < 1.29 is 4.79 Å². The fourth-order valence-corrected chi connectivity index (χ4v) is 3.81. The van der Waals surface area contributed by atoms with Gasteiger partial charge in [0.25, 0.3) is 0 Å². The number of rotatable bonds is 10. The van der Waals surface area contributed by atoms with Crippen LogP contribution in [-0.2, 0) is 11.2 Å². The fourth-order valence-electron chi connectivity index (χ4n) is 3.81. The lowest BCUT2D eigenvalue weighted by Crippen LogP contribution is -2.41. The lowest BCUT2D eigenvalue weighted by atomic mass is 10.0. The molecule has 0 atom stereocenters. The van der Waals surface area contributed by atoms with Crippen LogP contribution in [0.3, 0.4) is 0 Å². The van der Waals surface area contributed by atoms with Gasteiger partial charge in [0, 0.05) is 45.0 Å². The molecular formula is C23H35IN6O. The molecule has 7 nitrogen and oxygen atoms in total. The quantitative estimate of drug-likeness (QED) is 0.188. The zero-order valence-corrected chi connectivity index (χ0v) is 20.7. The number of aromatic nitrogens is 2. The summed E-state index contributed by atoms with van der Waals surface area (Å²) in [6, 6.07) is 10.3. The molecule has 0 saturated heterocycles. The van der Waals surface area contributed by atoms with E-state index in [9.17, 15) is 4.79 Å². The van der Waals surface area contributed by atoms with Gasteiger partial charge in [0.1, 0.15) is 0 Å². The van der Waals surface area contributed by atoms with E-state index in [0.29, 0.717) is 32.0 Å². The van der Waals surface area contributed by atoms with Crippen LogP contribution in [-0.4, -0.2) is 47.8 Å². The number of benzene rings is 1. The average Bonchev–Trinajstić information content (AvgIpc) is 3.46. The summed E-state index contributed by atoms with van der Waals surface area (Å²) in [7, 11) is 0. The van der Waals surface area contributed by atoms with Gasteiger partial charge in [-0.2, -0.15) is 5.10 Å². The van der Waals surface area contributed by atoms with Gasteiger partial charge in [0.2, 0.25) is 5.91 Å². The molecule has 8 heteroatoms. The van der Waals surface area contributed by atoms with Crippen LogP contribution in [0.2, 0.25) is 0 Å². The Balaban J connectivity index is 0.00000341. The molecule has 31 heavy (non-hydrogen) atoms. The fraction of sp³-hybridized carbons (Fsp3) is 0.522. The van der Waals surface area contributed by atoms with E-state index in [1.54, 1.807) is 6.20 Å². The molecule has 1 aromatic carbocycles. The normalized spacial score (nSPS) is 14.2. The predicted molar refractivity (Wildman–Crippen MR) is 136 cm³/mol. The minimum atomic E-state index is 0. The summed E-state index contributed by atoms with van der Waals surface area (Å²) < 4.78 is 1.85. The van der Waals surface area contributed by atoms with E-state index < -0.39 is 0 Å². The van der Waals surface area contributed by atoms with E-state index in [-0.39, 0.29) is 29.9 Å². The first-order valence-electron chi connectivity index (χ1n) is 11.1. The summed E-state index contributed by atoms with van der Waals surface area (Å²) in [5.41, 5.74) is 2.29. The summed E-state index contributed by atoms with van der Waals surface area (Å²) in [6.45, 7) is 4.84. The highest BCUT2D eigenvalue weighted by molar-refractivity contribution is 14.0. The first-order chi connectivity index (χ1) is 14.7. The number of halogens is 1. The molecule has 1 aliphatic rings. The van der Waals surface area contributed by atoms with Gasteiger partial charge in [-0.1, -0.05) is 25.0 Å². The number of carbonyl (C=O) groups is 1. The molecule has 1 aliphatic carbocycles. The van der Waals surface area contributed by atoms with Crippen LogP contribution in [0.25, 0.3) is 5.69 Å². The smallest absolute Gasteiger partial charge is 0.220 e. The Labute approximate surface area is 202 Å². The van der Waals surface area contributed by atoms with E-state index in [0.717, 1.165) is 24.6 Å². The maximum Gasteiger partial charge on any atom is 0.220 e. The van der Waals surface area contributed by atoms with E-state index >= 15 is 0 Å². The zero-order chi connectivity index (χ0) is 21.0. The van der Waals surface area contributed by atoms with E-state index in [4.69, 9.17) is 0 Å². The standard InChI is InChI=1S/C23H34N6O.HI/c1-2-24-23(27-16-15-25-22(30)18-20-6-3-4-7-20)26-14-12-19-8-10-21(11-9-19)29-17-5-13-28-29;/h5,8-11,13,17,20H,2-4,6-7,12,14-16,18H2,1H3,(H,25,30)(H2,24,26,27);1H. The molecule has 2 aromatic rings. The maximum absolute atomic E-state index is 12.0. The lowest BCUT2D eigenvalue weighted by molar-refractivity contribution is -0.121. The SMILES string of the molecule is CCNC(=NCCc1ccc(-n2cccn2)cc1)NCCNC(=O)CC1CCCC1.I. The zero-order valence-electron chi connectivity index (χ0n) is 18.3. The number of carbonyl (C=O) groups excluding carboxylic acids is 1. The molecule has 1 saturated carbocycles. The van der Waals surface area contributed by atoms with Crippen molar-refractivity contribution in [2.75, 3.05) is 26.2 Å². The minimum absolute atomic E-state index is 0. The van der Waals surface area contributed by atoms with Crippen molar-refractivity contribution in [1.29, 1.82) is 0 Å². The van der Waals surface area contributed by atoms with E-state index in [2.05, 4.69) is 57.2 Å². The van der Waals surface area contributed by atoms with Crippen molar-refractivity contribution in [3.63, 3.8) is 0 Å². The van der Waals surface area contributed by atoms with Gasteiger partial charge < -0.3 is 16.0 Å². The van der Waals surface area contributed by atoms with Crippen LogP contribution in [0.1, 0.15) is 44.6 Å². The molecule has 3 N–H and O–H groups in total. The van der Waals surface area contributed by atoms with Crippen molar-refractivity contribution in [3.8, 4) is 5.69 Å². The third-order valence-electron chi connectivity index (χ3n) is 5.41. The van der Waals surface area contributed by atoms with Crippen molar-refractivity contribution >= 4 is 35.8 Å². The molecule has 0 spiro atoms. The van der Waals surface area contributed by atoms with Gasteiger partial charge >= 0.3 is 0 Å². The van der Waals surface area contributed by atoms with Crippen molar-refractivity contribution in [3.05, 3.63) is 48.3 Å². The van der Waals surface area contributed by atoms with Crippen LogP contribution < -0.4 is 16.0 Å². The first kappa shape index (κ1) is 25.2. The second-order valence-corrected chi connectivity index (χ2v) is 7.76. The molecule has 170 valence electrons. The summed E-state index contributed by atoms with van der Waals surface area (Å²) >= 11 is 0. The number of guanidine groups is 1. The highest BCUT2D eigenvalue weighted by atomic mass is 127. The van der Waals surface area contributed by atoms with Crippen LogP contribution in [0, 0.1) is 5.92 Å². The topological polar surface area (TPSA) is 83.3 Å². The average molecular weight is 538 g/mol. The number of amides is 1. The molecule has 0 unspecified atom stereocenters. The van der Waals surface area contributed by atoms with Crippen LogP contribution >= 0.6 is 24.0 Å². The van der Waals surface area contributed by atoms with Gasteiger partial charge in [-0.25, -0.2) is 4.68 Å². The number of hydrogen-bond acceptors (Lipinski definition) is 3. The molecule has 0 aliphatic heterocycles. The first-order valence-corrected chi connectivity index (χ1v) is 11.1. The highest BCUT2D eigenvalue weighted by Gasteiger charge is 2.17. The van der Waals surface area contributed by atoms with Crippen molar-refractivity contribution in [1.82, 2.24) is 25.7 Å². The Bertz CT molecular complexity index is 785. The molecule has 1 aromatic heterocycles. The number of nitrogens with zero attached hydrogens (tertiary/aromatic N) is 3. The molecule has 1 amide bonds. The van der Waals surface area contributed by atoms with Crippen molar-refractivity contribution in [2.24, 2.45) is 10.9 Å². The van der Waals surface area contributed by atoms with E-state index in [1.807, 2.05) is 16.9 Å². The maximum atomic E-state index is 12.0. The molecule has 1 fully saturated rings. The molecule has 0 bridgehead atoms. The summed E-state index contributed by atoms with van der Waals surface area (Å²) in [4.78, 5) is 16.7. The van der Waals surface area contributed by atoms with Gasteiger partial charge in [0.05, 0.1) is 5.69 Å². The largest absolute Gasteiger partial charge is 0.357 e. The third kappa shape index (κ3) is 8.88.